The molecule has 0 aromatic heterocycles. The molecule has 3 heteroatoms. The molecule has 0 N–H and O–H groups in total. The van der Waals surface area contributed by atoms with Gasteiger partial charge in [0.15, 0.2) is 0 Å². The number of ether oxygens (including phenoxy) is 1. The smallest absolute Gasteiger partial charge is 0.209 e. The van der Waals surface area contributed by atoms with E-state index in [1.54, 1.807) is 7.11 Å². The lowest BCUT2D eigenvalue weighted by Gasteiger charge is -2.52. The molecule has 1 aliphatic carbocycles. The van der Waals surface area contributed by atoms with Crippen molar-refractivity contribution in [3.63, 3.8) is 0 Å². The molecule has 3 rings (SSSR count). The quantitative estimate of drug-likeness (QED) is 0.792. The van der Waals surface area contributed by atoms with Crippen LogP contribution >= 0.6 is 0 Å². The Labute approximate surface area is 120 Å². The zero-order valence-corrected chi connectivity index (χ0v) is 12.4. The standard InChI is InChI=1S/C17H23NO2/c1-13-3-4-15(20-2)9-16(13)14-5-7-17(8-6-14)10-18(11-17)12-19/h3-4,9,12,14H,5-8,10-11H2,1-2H3. The Balaban J connectivity index is 1.68. The van der Waals surface area contributed by atoms with Crippen LogP contribution in [0.15, 0.2) is 18.2 Å². The molecular weight excluding hydrogens is 250 g/mol. The van der Waals surface area contributed by atoms with Gasteiger partial charge in [-0.25, -0.2) is 0 Å². The van der Waals surface area contributed by atoms with Crippen molar-refractivity contribution in [2.24, 2.45) is 5.41 Å². The summed E-state index contributed by atoms with van der Waals surface area (Å²) >= 11 is 0. The van der Waals surface area contributed by atoms with Gasteiger partial charge in [-0.3, -0.25) is 4.79 Å². The van der Waals surface area contributed by atoms with E-state index < -0.39 is 0 Å². The highest BCUT2D eigenvalue weighted by Crippen LogP contribution is 2.48. The first-order valence-corrected chi connectivity index (χ1v) is 7.50. The molecule has 1 saturated carbocycles. The van der Waals surface area contributed by atoms with Gasteiger partial charge < -0.3 is 9.64 Å². The number of carbonyl (C=O) groups is 1. The average Bonchev–Trinajstić information content (AvgIpc) is 2.45. The predicted octanol–water partition coefficient (Wildman–Crippen LogP) is 3.12. The van der Waals surface area contributed by atoms with Crippen LogP contribution in [0.5, 0.6) is 5.75 Å². The third-order valence-electron chi connectivity index (χ3n) is 5.20. The summed E-state index contributed by atoms with van der Waals surface area (Å²) in [7, 11) is 1.73. The number of hydrogen-bond donors (Lipinski definition) is 0. The molecule has 1 aromatic rings. The molecule has 3 nitrogen and oxygen atoms in total. The Kier molecular flexibility index (Phi) is 3.45. The molecule has 0 bridgehead atoms. The van der Waals surface area contributed by atoms with Crippen LogP contribution < -0.4 is 4.74 Å². The monoisotopic (exact) mass is 273 g/mol. The first kappa shape index (κ1) is 13.5. The second-order valence-corrected chi connectivity index (χ2v) is 6.51. The van der Waals surface area contributed by atoms with E-state index in [1.165, 1.54) is 36.8 Å². The molecule has 1 aliphatic heterocycles. The van der Waals surface area contributed by atoms with Crippen molar-refractivity contribution in [2.45, 2.75) is 38.5 Å². The van der Waals surface area contributed by atoms with Crippen molar-refractivity contribution in [3.8, 4) is 5.75 Å². The van der Waals surface area contributed by atoms with E-state index in [0.29, 0.717) is 11.3 Å². The highest BCUT2D eigenvalue weighted by Gasteiger charge is 2.44. The van der Waals surface area contributed by atoms with E-state index >= 15 is 0 Å². The summed E-state index contributed by atoms with van der Waals surface area (Å²) in [5.74, 6) is 1.61. The number of methoxy groups -OCH3 is 1. The number of likely N-dealkylation sites (tertiary alicyclic amines) is 1. The van der Waals surface area contributed by atoms with Crippen LogP contribution in [0.3, 0.4) is 0 Å². The minimum Gasteiger partial charge on any atom is -0.497 e. The van der Waals surface area contributed by atoms with Crippen LogP contribution in [-0.4, -0.2) is 31.5 Å². The summed E-state index contributed by atoms with van der Waals surface area (Å²) in [4.78, 5) is 12.6. The summed E-state index contributed by atoms with van der Waals surface area (Å²) in [5, 5.41) is 0. The van der Waals surface area contributed by atoms with E-state index in [-0.39, 0.29) is 0 Å². The maximum atomic E-state index is 10.7. The molecule has 2 aliphatic rings. The third kappa shape index (κ3) is 2.30. The third-order valence-corrected chi connectivity index (χ3v) is 5.20. The van der Waals surface area contributed by atoms with Gasteiger partial charge in [0.25, 0.3) is 0 Å². The van der Waals surface area contributed by atoms with Gasteiger partial charge in [-0.2, -0.15) is 0 Å². The van der Waals surface area contributed by atoms with E-state index in [1.807, 2.05) is 11.0 Å². The molecule has 1 aromatic carbocycles. The Hall–Kier alpha value is -1.51. The fourth-order valence-electron chi connectivity index (χ4n) is 3.93. The van der Waals surface area contributed by atoms with E-state index in [0.717, 1.165) is 25.2 Å². The first-order chi connectivity index (χ1) is 9.65. The van der Waals surface area contributed by atoms with Gasteiger partial charge in [-0.15, -0.1) is 0 Å². The number of nitrogens with zero attached hydrogens (tertiary/aromatic N) is 1. The van der Waals surface area contributed by atoms with E-state index in [9.17, 15) is 4.79 Å². The van der Waals surface area contributed by atoms with Gasteiger partial charge in [-0.1, -0.05) is 6.07 Å². The highest BCUT2D eigenvalue weighted by atomic mass is 16.5. The van der Waals surface area contributed by atoms with Crippen molar-refractivity contribution in [1.82, 2.24) is 4.90 Å². The van der Waals surface area contributed by atoms with Crippen LogP contribution in [0.1, 0.15) is 42.7 Å². The van der Waals surface area contributed by atoms with Crippen molar-refractivity contribution < 1.29 is 9.53 Å². The van der Waals surface area contributed by atoms with Crippen molar-refractivity contribution >= 4 is 6.41 Å². The number of aryl methyl sites for hydroxylation is 1. The SMILES string of the molecule is COc1ccc(C)c(C2CCC3(CC2)CN(C=O)C3)c1. The van der Waals surface area contributed by atoms with E-state index in [2.05, 4.69) is 19.1 Å². The van der Waals surface area contributed by atoms with Gasteiger partial charge >= 0.3 is 0 Å². The number of rotatable bonds is 3. The van der Waals surface area contributed by atoms with Gasteiger partial charge in [0.05, 0.1) is 7.11 Å². The molecule has 20 heavy (non-hydrogen) atoms. The lowest BCUT2D eigenvalue weighted by Crippen LogP contribution is -2.56. The largest absolute Gasteiger partial charge is 0.497 e. The molecule has 2 fully saturated rings. The van der Waals surface area contributed by atoms with Gasteiger partial charge in [0.2, 0.25) is 6.41 Å². The van der Waals surface area contributed by atoms with Gasteiger partial charge in [0, 0.05) is 18.5 Å². The Morgan fingerprint density at radius 3 is 2.60 bits per heavy atom. The van der Waals surface area contributed by atoms with Crippen LogP contribution in [0.25, 0.3) is 0 Å². The van der Waals surface area contributed by atoms with Crippen LogP contribution in [0.4, 0.5) is 0 Å². The highest BCUT2D eigenvalue weighted by molar-refractivity contribution is 5.49. The number of hydrogen-bond acceptors (Lipinski definition) is 2. The molecule has 1 saturated heterocycles. The molecule has 0 atom stereocenters. The van der Waals surface area contributed by atoms with Gasteiger partial charge in [-0.05, 0) is 61.8 Å². The van der Waals surface area contributed by atoms with Crippen molar-refractivity contribution in [3.05, 3.63) is 29.3 Å². The maximum Gasteiger partial charge on any atom is 0.209 e. The molecule has 1 heterocycles. The first-order valence-electron chi connectivity index (χ1n) is 7.50. The number of benzene rings is 1. The fraction of sp³-hybridized carbons (Fsp3) is 0.588. The van der Waals surface area contributed by atoms with Crippen molar-refractivity contribution in [1.29, 1.82) is 0 Å². The summed E-state index contributed by atoms with van der Waals surface area (Å²) in [5.41, 5.74) is 3.25. The minimum atomic E-state index is 0.435. The van der Waals surface area contributed by atoms with Gasteiger partial charge in [0.1, 0.15) is 5.75 Å². The lowest BCUT2D eigenvalue weighted by atomic mass is 9.64. The van der Waals surface area contributed by atoms with Crippen molar-refractivity contribution in [2.75, 3.05) is 20.2 Å². The number of amides is 1. The van der Waals surface area contributed by atoms with E-state index in [4.69, 9.17) is 4.74 Å². The fourth-order valence-corrected chi connectivity index (χ4v) is 3.93. The second kappa shape index (κ2) is 5.12. The van der Waals surface area contributed by atoms with Crippen LogP contribution in [0.2, 0.25) is 0 Å². The maximum absolute atomic E-state index is 10.7. The summed E-state index contributed by atoms with van der Waals surface area (Å²) in [6.07, 6.45) is 5.96. The Morgan fingerprint density at radius 1 is 1.30 bits per heavy atom. The summed E-state index contributed by atoms with van der Waals surface area (Å²) in [6, 6.07) is 6.41. The average molecular weight is 273 g/mol. The van der Waals surface area contributed by atoms with Crippen LogP contribution in [0, 0.1) is 12.3 Å². The zero-order chi connectivity index (χ0) is 14.2. The molecule has 0 unspecified atom stereocenters. The van der Waals surface area contributed by atoms with Crippen LogP contribution in [-0.2, 0) is 4.79 Å². The summed E-state index contributed by atoms with van der Waals surface area (Å²) in [6.45, 7) is 4.14. The second-order valence-electron chi connectivity index (χ2n) is 6.51. The predicted molar refractivity (Wildman–Crippen MR) is 79.0 cm³/mol. The minimum absolute atomic E-state index is 0.435. The lowest BCUT2D eigenvalue weighted by molar-refractivity contribution is -0.131. The molecular formula is C17H23NO2. The topological polar surface area (TPSA) is 29.5 Å². The zero-order valence-electron chi connectivity index (χ0n) is 12.4. The molecule has 108 valence electrons. The normalized spacial score (nSPS) is 21.6. The molecule has 1 amide bonds. The number of carbonyl (C=O) groups excluding carboxylic acids is 1. The Morgan fingerprint density at radius 2 is 2.00 bits per heavy atom. The summed E-state index contributed by atoms with van der Waals surface area (Å²) < 4.78 is 5.36. The molecule has 0 radical (unpaired) electrons. The molecule has 1 spiro atoms. The Bertz CT molecular complexity index is 496.